The number of carboxylic acids is 1. The second kappa shape index (κ2) is 8.16. The van der Waals surface area contributed by atoms with Crippen LogP contribution in [0.3, 0.4) is 0 Å². The standard InChI is InChI=1S/C16H16Cl2N2O4S/c17-12-2-1-3-13(18)15(12)25(23,24)20-9-11-6-4-10(5-7-11)8-14(19)16(21)22/h1-7,14,20H,8-9,19H2,(H,21,22). The number of rotatable bonds is 7. The summed E-state index contributed by atoms with van der Waals surface area (Å²) in [5.41, 5.74) is 6.92. The normalized spacial score (nSPS) is 12.8. The Hall–Kier alpha value is -1.64. The molecule has 0 amide bonds. The van der Waals surface area contributed by atoms with Crippen LogP contribution in [-0.4, -0.2) is 25.5 Å². The fourth-order valence-electron chi connectivity index (χ4n) is 2.12. The Bertz CT molecular complexity index is 850. The van der Waals surface area contributed by atoms with Crippen molar-refractivity contribution in [1.82, 2.24) is 4.72 Å². The van der Waals surface area contributed by atoms with Crippen molar-refractivity contribution in [2.24, 2.45) is 5.73 Å². The van der Waals surface area contributed by atoms with E-state index < -0.39 is 22.0 Å². The van der Waals surface area contributed by atoms with Gasteiger partial charge in [0, 0.05) is 6.54 Å². The Morgan fingerprint density at radius 1 is 1.08 bits per heavy atom. The Kier molecular flexibility index (Phi) is 6.42. The van der Waals surface area contributed by atoms with E-state index in [1.165, 1.54) is 12.1 Å². The zero-order chi connectivity index (χ0) is 18.6. The largest absolute Gasteiger partial charge is 0.480 e. The van der Waals surface area contributed by atoms with Crippen LogP contribution in [0, 0.1) is 0 Å². The molecular weight excluding hydrogens is 387 g/mol. The SMILES string of the molecule is NC(Cc1ccc(CNS(=O)(=O)c2c(Cl)cccc2Cl)cc1)C(=O)O. The van der Waals surface area contributed by atoms with Gasteiger partial charge in [-0.3, -0.25) is 4.79 Å². The molecule has 2 rings (SSSR count). The van der Waals surface area contributed by atoms with Crippen molar-refractivity contribution in [2.45, 2.75) is 23.9 Å². The number of nitrogens with one attached hydrogen (secondary N) is 1. The number of sulfonamides is 1. The van der Waals surface area contributed by atoms with Crippen LogP contribution in [0.5, 0.6) is 0 Å². The van der Waals surface area contributed by atoms with Gasteiger partial charge in [-0.1, -0.05) is 53.5 Å². The van der Waals surface area contributed by atoms with Crippen molar-refractivity contribution in [2.75, 3.05) is 0 Å². The topological polar surface area (TPSA) is 109 Å². The molecule has 0 aliphatic rings. The van der Waals surface area contributed by atoms with Gasteiger partial charge in [0.1, 0.15) is 10.9 Å². The molecule has 0 aliphatic carbocycles. The third-order valence-corrected chi connectivity index (χ3v) is 5.81. The molecular formula is C16H16Cl2N2O4S. The lowest BCUT2D eigenvalue weighted by Gasteiger charge is -2.11. The van der Waals surface area contributed by atoms with E-state index >= 15 is 0 Å². The quantitative estimate of drug-likeness (QED) is 0.658. The molecule has 2 aromatic rings. The maximum absolute atomic E-state index is 12.4. The summed E-state index contributed by atoms with van der Waals surface area (Å²) in [7, 11) is -3.87. The van der Waals surface area contributed by atoms with Gasteiger partial charge in [0.05, 0.1) is 10.0 Å². The first-order valence-corrected chi connectivity index (χ1v) is 9.44. The van der Waals surface area contributed by atoms with Crippen molar-refractivity contribution in [3.05, 3.63) is 63.6 Å². The number of hydrogen-bond donors (Lipinski definition) is 3. The lowest BCUT2D eigenvalue weighted by Crippen LogP contribution is -2.32. The van der Waals surface area contributed by atoms with Gasteiger partial charge in [-0.05, 0) is 29.7 Å². The second-order valence-electron chi connectivity index (χ2n) is 5.34. The van der Waals surface area contributed by atoms with Crippen LogP contribution in [0.25, 0.3) is 0 Å². The van der Waals surface area contributed by atoms with Gasteiger partial charge in [-0.25, -0.2) is 13.1 Å². The third-order valence-electron chi connectivity index (χ3n) is 3.45. The van der Waals surface area contributed by atoms with E-state index in [1.54, 1.807) is 30.3 Å². The summed E-state index contributed by atoms with van der Waals surface area (Å²) in [6.45, 7) is 0.0369. The summed E-state index contributed by atoms with van der Waals surface area (Å²) in [4.78, 5) is 10.6. The molecule has 0 saturated heterocycles. The molecule has 4 N–H and O–H groups in total. The van der Waals surface area contributed by atoms with Crippen LogP contribution in [0.2, 0.25) is 10.0 Å². The Labute approximate surface area is 155 Å². The molecule has 1 unspecified atom stereocenters. The molecule has 134 valence electrons. The average Bonchev–Trinajstić information content (AvgIpc) is 2.53. The number of nitrogens with two attached hydrogens (primary N) is 1. The highest BCUT2D eigenvalue weighted by molar-refractivity contribution is 7.89. The summed E-state index contributed by atoms with van der Waals surface area (Å²) >= 11 is 11.9. The molecule has 0 saturated carbocycles. The minimum atomic E-state index is -3.87. The predicted octanol–water partition coefficient (Wildman–Crippen LogP) is 2.43. The van der Waals surface area contributed by atoms with Crippen molar-refractivity contribution in [1.29, 1.82) is 0 Å². The Morgan fingerprint density at radius 3 is 2.12 bits per heavy atom. The van der Waals surface area contributed by atoms with E-state index in [-0.39, 0.29) is 27.9 Å². The van der Waals surface area contributed by atoms with Gasteiger partial charge in [0.25, 0.3) is 0 Å². The van der Waals surface area contributed by atoms with Gasteiger partial charge in [0.15, 0.2) is 0 Å². The minimum absolute atomic E-state index is 0.0369. The minimum Gasteiger partial charge on any atom is -0.480 e. The fourth-order valence-corrected chi connectivity index (χ4v) is 4.28. The smallest absolute Gasteiger partial charge is 0.320 e. The van der Waals surface area contributed by atoms with Crippen molar-refractivity contribution in [3.8, 4) is 0 Å². The highest BCUT2D eigenvalue weighted by Crippen LogP contribution is 2.28. The van der Waals surface area contributed by atoms with E-state index in [9.17, 15) is 13.2 Å². The molecule has 2 aromatic carbocycles. The van der Waals surface area contributed by atoms with E-state index in [1.807, 2.05) is 0 Å². The van der Waals surface area contributed by atoms with Crippen LogP contribution in [-0.2, 0) is 27.8 Å². The summed E-state index contributed by atoms with van der Waals surface area (Å²) in [6.07, 6.45) is 0.191. The number of carboxylic acid groups (broad SMARTS) is 1. The predicted molar refractivity (Wildman–Crippen MR) is 96.2 cm³/mol. The summed E-state index contributed by atoms with van der Waals surface area (Å²) in [5, 5.41) is 8.88. The highest BCUT2D eigenvalue weighted by Gasteiger charge is 2.21. The summed E-state index contributed by atoms with van der Waals surface area (Å²) < 4.78 is 27.2. The molecule has 0 radical (unpaired) electrons. The van der Waals surface area contributed by atoms with Crippen LogP contribution in [0.1, 0.15) is 11.1 Å². The third kappa shape index (κ3) is 5.17. The van der Waals surface area contributed by atoms with Gasteiger partial charge >= 0.3 is 5.97 Å². The lowest BCUT2D eigenvalue weighted by molar-refractivity contribution is -0.138. The number of aliphatic carboxylic acids is 1. The van der Waals surface area contributed by atoms with Crippen LogP contribution in [0.15, 0.2) is 47.4 Å². The fraction of sp³-hybridized carbons (Fsp3) is 0.188. The van der Waals surface area contributed by atoms with E-state index in [2.05, 4.69) is 4.72 Å². The van der Waals surface area contributed by atoms with Crippen molar-refractivity contribution in [3.63, 3.8) is 0 Å². The van der Waals surface area contributed by atoms with Crippen LogP contribution < -0.4 is 10.5 Å². The molecule has 0 bridgehead atoms. The maximum Gasteiger partial charge on any atom is 0.320 e. The van der Waals surface area contributed by atoms with Crippen molar-refractivity contribution < 1.29 is 18.3 Å². The Balaban J connectivity index is 2.07. The average molecular weight is 403 g/mol. The molecule has 0 aromatic heterocycles. The first-order chi connectivity index (χ1) is 11.7. The first-order valence-electron chi connectivity index (χ1n) is 7.20. The molecule has 0 aliphatic heterocycles. The van der Waals surface area contributed by atoms with Crippen molar-refractivity contribution >= 4 is 39.2 Å². The zero-order valence-corrected chi connectivity index (χ0v) is 15.3. The molecule has 25 heavy (non-hydrogen) atoms. The summed E-state index contributed by atoms with van der Waals surface area (Å²) in [5.74, 6) is -1.08. The molecule has 6 nitrogen and oxygen atoms in total. The molecule has 0 spiro atoms. The monoisotopic (exact) mass is 402 g/mol. The number of benzene rings is 2. The first kappa shape index (κ1) is 19.7. The molecule has 9 heteroatoms. The number of hydrogen-bond acceptors (Lipinski definition) is 4. The Morgan fingerprint density at radius 2 is 1.60 bits per heavy atom. The summed E-state index contributed by atoms with van der Waals surface area (Å²) in [6, 6.07) is 10.3. The molecule has 0 heterocycles. The van der Waals surface area contributed by atoms with Gasteiger partial charge in [0.2, 0.25) is 10.0 Å². The van der Waals surface area contributed by atoms with Gasteiger partial charge in [-0.15, -0.1) is 0 Å². The lowest BCUT2D eigenvalue weighted by atomic mass is 10.0. The van der Waals surface area contributed by atoms with E-state index in [4.69, 9.17) is 34.0 Å². The van der Waals surface area contributed by atoms with E-state index in [0.717, 1.165) is 5.56 Å². The van der Waals surface area contributed by atoms with Crippen LogP contribution >= 0.6 is 23.2 Å². The molecule has 0 fully saturated rings. The molecule has 1 atom stereocenters. The van der Waals surface area contributed by atoms with Gasteiger partial charge in [-0.2, -0.15) is 0 Å². The number of halogens is 2. The van der Waals surface area contributed by atoms with Gasteiger partial charge < -0.3 is 10.8 Å². The highest BCUT2D eigenvalue weighted by atomic mass is 35.5. The maximum atomic E-state index is 12.4. The zero-order valence-electron chi connectivity index (χ0n) is 12.9. The second-order valence-corrected chi connectivity index (χ2v) is 7.86. The van der Waals surface area contributed by atoms with Crippen LogP contribution in [0.4, 0.5) is 0 Å². The number of carbonyl (C=O) groups is 1. The van der Waals surface area contributed by atoms with E-state index in [0.29, 0.717) is 5.56 Å².